The third-order valence-electron chi connectivity index (χ3n) is 2.97. The van der Waals surface area contributed by atoms with Gasteiger partial charge in [0.15, 0.2) is 0 Å². The maximum Gasteiger partial charge on any atom is 0.334 e. The average molecular weight is 288 g/mol. The molecule has 21 heavy (non-hydrogen) atoms. The van der Waals surface area contributed by atoms with E-state index in [-0.39, 0.29) is 5.97 Å². The molecule has 0 saturated carbocycles. The molecule has 0 bridgehead atoms. The number of ether oxygens (including phenoxy) is 2. The molecule has 0 aromatic heterocycles. The Morgan fingerprint density at radius 3 is 2.95 bits per heavy atom. The zero-order chi connectivity index (χ0) is 15.2. The van der Waals surface area contributed by atoms with Crippen molar-refractivity contribution in [1.82, 2.24) is 0 Å². The van der Waals surface area contributed by atoms with E-state index in [1.54, 1.807) is 25.1 Å². The van der Waals surface area contributed by atoms with Crippen molar-refractivity contribution in [3.63, 3.8) is 0 Å². The summed E-state index contributed by atoms with van der Waals surface area (Å²) in [6.07, 6.45) is 4.72. The highest BCUT2D eigenvalue weighted by Crippen LogP contribution is 2.30. The molecule has 5 heteroatoms. The maximum absolute atomic E-state index is 11.8. The largest absolute Gasteiger partial charge is 0.492 e. The third kappa shape index (κ3) is 3.72. The number of hydrogen-bond acceptors (Lipinski definition) is 4. The number of rotatable bonds is 4. The van der Waals surface area contributed by atoms with Crippen LogP contribution in [-0.4, -0.2) is 30.3 Å². The van der Waals surface area contributed by atoms with E-state index < -0.39 is 5.97 Å². The number of esters is 1. The van der Waals surface area contributed by atoms with Crippen LogP contribution in [0, 0.1) is 0 Å². The Hall–Kier alpha value is -2.56. The molecule has 0 unspecified atom stereocenters. The van der Waals surface area contributed by atoms with Crippen LogP contribution < -0.4 is 4.74 Å². The summed E-state index contributed by atoms with van der Waals surface area (Å²) in [6.45, 7) is 2.43. The topological polar surface area (TPSA) is 72.8 Å². The molecule has 1 aromatic rings. The predicted octanol–water partition coefficient (Wildman–Crippen LogP) is 2.51. The van der Waals surface area contributed by atoms with Crippen molar-refractivity contribution < 1.29 is 24.2 Å². The summed E-state index contributed by atoms with van der Waals surface area (Å²) in [4.78, 5) is 22.4. The molecule has 0 atom stereocenters. The van der Waals surface area contributed by atoms with Crippen LogP contribution in [0.3, 0.4) is 0 Å². The highest BCUT2D eigenvalue weighted by atomic mass is 16.5. The van der Waals surface area contributed by atoms with Gasteiger partial charge in [0.1, 0.15) is 5.75 Å². The monoisotopic (exact) mass is 288 g/mol. The van der Waals surface area contributed by atoms with E-state index in [0.29, 0.717) is 36.5 Å². The molecule has 1 aliphatic rings. The number of carboxylic acid groups (broad SMARTS) is 1. The second-order valence-electron chi connectivity index (χ2n) is 4.43. The lowest BCUT2D eigenvalue weighted by molar-refractivity contribution is -0.138. The van der Waals surface area contributed by atoms with Gasteiger partial charge >= 0.3 is 11.9 Å². The molecule has 0 amide bonds. The number of benzene rings is 1. The molecule has 5 nitrogen and oxygen atoms in total. The first-order chi connectivity index (χ1) is 10.1. The minimum Gasteiger partial charge on any atom is -0.492 e. The minimum absolute atomic E-state index is 0.325. The summed E-state index contributed by atoms with van der Waals surface area (Å²) in [6, 6.07) is 5.37. The van der Waals surface area contributed by atoms with Gasteiger partial charge in [-0.3, -0.25) is 0 Å². The second kappa shape index (κ2) is 6.74. The lowest BCUT2D eigenvalue weighted by atomic mass is 10.1. The zero-order valence-electron chi connectivity index (χ0n) is 11.7. The van der Waals surface area contributed by atoms with Gasteiger partial charge in [-0.2, -0.15) is 0 Å². The summed E-state index contributed by atoms with van der Waals surface area (Å²) in [5.74, 6) is -0.793. The van der Waals surface area contributed by atoms with Crippen LogP contribution in [0.15, 0.2) is 29.8 Å². The lowest BCUT2D eigenvalue weighted by Gasteiger charge is -2.09. The number of fused-ring (bicyclic) bond motifs is 1. The Bertz CT molecular complexity index is 613. The van der Waals surface area contributed by atoms with Crippen LogP contribution in [0.25, 0.3) is 12.2 Å². The standard InChI is InChI=1S/C16H16O5/c1-2-20-16(19)13-8-9-21-15-11(6-7-14(17)18)4-3-5-12(15)10-13/h3-7,10H,2,8-9H2,1H3,(H,17,18)/b7-6+. The number of hydrogen-bond donors (Lipinski definition) is 1. The highest BCUT2D eigenvalue weighted by molar-refractivity contribution is 5.95. The normalized spacial score (nSPS) is 13.9. The molecule has 0 aliphatic carbocycles. The Morgan fingerprint density at radius 1 is 1.43 bits per heavy atom. The lowest BCUT2D eigenvalue weighted by Crippen LogP contribution is -2.09. The van der Waals surface area contributed by atoms with Gasteiger partial charge in [0, 0.05) is 29.2 Å². The average Bonchev–Trinajstić information content (AvgIpc) is 2.67. The summed E-state index contributed by atoms with van der Waals surface area (Å²) in [7, 11) is 0. The summed E-state index contributed by atoms with van der Waals surface area (Å²) >= 11 is 0. The van der Waals surface area contributed by atoms with Crippen molar-refractivity contribution >= 4 is 24.1 Å². The zero-order valence-corrected chi connectivity index (χ0v) is 11.7. The van der Waals surface area contributed by atoms with E-state index in [2.05, 4.69) is 0 Å². The first-order valence-corrected chi connectivity index (χ1v) is 6.66. The van der Waals surface area contributed by atoms with Crippen LogP contribution >= 0.6 is 0 Å². The van der Waals surface area contributed by atoms with Gasteiger partial charge < -0.3 is 14.6 Å². The van der Waals surface area contributed by atoms with E-state index in [4.69, 9.17) is 14.6 Å². The maximum atomic E-state index is 11.8. The van der Waals surface area contributed by atoms with Gasteiger partial charge in [0.25, 0.3) is 0 Å². The van der Waals surface area contributed by atoms with E-state index in [0.717, 1.165) is 11.6 Å². The number of para-hydroxylation sites is 1. The van der Waals surface area contributed by atoms with Gasteiger partial charge in [0.05, 0.1) is 13.2 Å². The van der Waals surface area contributed by atoms with Crippen molar-refractivity contribution in [3.8, 4) is 5.75 Å². The molecule has 1 N–H and O–H groups in total. The fourth-order valence-corrected chi connectivity index (χ4v) is 2.05. The van der Waals surface area contributed by atoms with Crippen molar-refractivity contribution in [2.24, 2.45) is 0 Å². The Kier molecular flexibility index (Phi) is 4.77. The Morgan fingerprint density at radius 2 is 2.24 bits per heavy atom. The molecule has 1 aromatic carbocycles. The fourth-order valence-electron chi connectivity index (χ4n) is 2.05. The molecule has 0 saturated heterocycles. The Labute approximate surface area is 122 Å². The molecular weight excluding hydrogens is 272 g/mol. The van der Waals surface area contributed by atoms with Gasteiger partial charge in [-0.1, -0.05) is 18.2 Å². The van der Waals surface area contributed by atoms with E-state index >= 15 is 0 Å². The minimum atomic E-state index is -1.02. The van der Waals surface area contributed by atoms with Crippen molar-refractivity contribution in [3.05, 3.63) is 41.0 Å². The second-order valence-corrected chi connectivity index (χ2v) is 4.43. The smallest absolute Gasteiger partial charge is 0.334 e. The number of carbonyl (C=O) groups is 2. The van der Waals surface area contributed by atoms with E-state index in [1.807, 2.05) is 6.07 Å². The van der Waals surface area contributed by atoms with E-state index in [1.165, 1.54) is 6.08 Å². The van der Waals surface area contributed by atoms with Crippen LogP contribution in [0.4, 0.5) is 0 Å². The van der Waals surface area contributed by atoms with Crippen molar-refractivity contribution in [2.75, 3.05) is 13.2 Å². The Balaban J connectivity index is 2.37. The molecule has 0 radical (unpaired) electrons. The van der Waals surface area contributed by atoms with Gasteiger partial charge in [-0.05, 0) is 19.1 Å². The van der Waals surface area contributed by atoms with Gasteiger partial charge in [-0.15, -0.1) is 0 Å². The van der Waals surface area contributed by atoms with Crippen LogP contribution in [0.1, 0.15) is 24.5 Å². The summed E-state index contributed by atoms with van der Waals surface area (Å²) in [5.41, 5.74) is 1.95. The first-order valence-electron chi connectivity index (χ1n) is 6.66. The molecule has 0 spiro atoms. The van der Waals surface area contributed by atoms with Crippen LogP contribution in [0.2, 0.25) is 0 Å². The molecule has 0 fully saturated rings. The number of carboxylic acids is 1. The summed E-state index contributed by atoms with van der Waals surface area (Å²) < 4.78 is 10.7. The summed E-state index contributed by atoms with van der Waals surface area (Å²) in [5, 5.41) is 8.71. The van der Waals surface area contributed by atoms with Crippen molar-refractivity contribution in [2.45, 2.75) is 13.3 Å². The predicted molar refractivity (Wildman–Crippen MR) is 77.8 cm³/mol. The fraction of sp³-hybridized carbons (Fsp3) is 0.250. The molecule has 1 aliphatic heterocycles. The number of aliphatic carboxylic acids is 1. The first kappa shape index (κ1) is 14.8. The van der Waals surface area contributed by atoms with Crippen molar-refractivity contribution in [1.29, 1.82) is 0 Å². The highest BCUT2D eigenvalue weighted by Gasteiger charge is 2.17. The van der Waals surface area contributed by atoms with Gasteiger partial charge in [-0.25, -0.2) is 9.59 Å². The third-order valence-corrected chi connectivity index (χ3v) is 2.97. The molecular formula is C16H16O5. The van der Waals surface area contributed by atoms with Crippen LogP contribution in [0.5, 0.6) is 5.75 Å². The van der Waals surface area contributed by atoms with Crippen LogP contribution in [-0.2, 0) is 14.3 Å². The molecule has 1 heterocycles. The quantitative estimate of drug-likeness (QED) is 0.680. The molecule has 110 valence electrons. The van der Waals surface area contributed by atoms with Gasteiger partial charge in [0.2, 0.25) is 0 Å². The SMILES string of the molecule is CCOC(=O)C1=Cc2cccc(/C=C/C(=O)O)c2OCC1. The number of carbonyl (C=O) groups excluding carboxylic acids is 1. The molecule has 2 rings (SSSR count). The van der Waals surface area contributed by atoms with E-state index in [9.17, 15) is 9.59 Å².